The molecule has 10 heteroatoms. The monoisotopic (exact) mass is 308 g/mol. The minimum absolute atomic E-state index is 0.152. The van der Waals surface area contributed by atoms with Gasteiger partial charge in [0.25, 0.3) is 5.91 Å². The lowest BCUT2D eigenvalue weighted by Crippen LogP contribution is -2.68. The summed E-state index contributed by atoms with van der Waals surface area (Å²) in [5.41, 5.74) is -0.696. The lowest BCUT2D eigenvalue weighted by atomic mass is 10.0. The summed E-state index contributed by atoms with van der Waals surface area (Å²) in [5, 5.41) is 0. The average Bonchev–Trinajstić information content (AvgIpc) is 2.61. The first-order valence-electron chi connectivity index (χ1n) is 5.99. The molecule has 2 aliphatic heterocycles. The molecular weight excluding hydrogens is 292 g/mol. The molecule has 0 aromatic rings. The first-order chi connectivity index (χ1) is 9.02. The number of rotatable bonds is 2. The Hall–Kier alpha value is -1.39. The maximum absolute atomic E-state index is 11.8. The lowest BCUT2D eigenvalue weighted by molar-refractivity contribution is -0.306. The predicted octanol–water partition coefficient (Wildman–Crippen LogP) is -0.0590. The summed E-state index contributed by atoms with van der Waals surface area (Å²) >= 11 is 0. The standard InChI is InChI=1S/C10H16N2O7S/c1-10(2,3)19-18-9(14)11-5-4-6-7(11)8(13)12(6)20(15,16)17/h6-7H,4-5H2,1-3H3,(H,15,16,17)/t6-,7+/m1/s1. The highest BCUT2D eigenvalue weighted by atomic mass is 32.2. The second-order valence-corrected chi connectivity index (χ2v) is 6.94. The minimum atomic E-state index is -4.58. The van der Waals surface area contributed by atoms with E-state index in [4.69, 9.17) is 9.44 Å². The van der Waals surface area contributed by atoms with Crippen LogP contribution in [0.5, 0.6) is 0 Å². The Morgan fingerprint density at radius 3 is 2.50 bits per heavy atom. The van der Waals surface area contributed by atoms with Crippen molar-refractivity contribution in [2.75, 3.05) is 6.54 Å². The van der Waals surface area contributed by atoms with Gasteiger partial charge < -0.3 is 0 Å². The molecular formula is C10H16N2O7S. The number of fused-ring (bicyclic) bond motifs is 1. The third kappa shape index (κ3) is 2.58. The molecule has 20 heavy (non-hydrogen) atoms. The molecule has 2 fully saturated rings. The summed E-state index contributed by atoms with van der Waals surface area (Å²) in [6, 6.07) is -1.66. The first kappa shape index (κ1) is 15.0. The number of nitrogens with zero attached hydrogens (tertiary/aromatic N) is 2. The Kier molecular flexibility index (Phi) is 3.43. The molecule has 2 aliphatic rings. The first-order valence-corrected chi connectivity index (χ1v) is 7.39. The van der Waals surface area contributed by atoms with E-state index in [-0.39, 0.29) is 13.0 Å². The van der Waals surface area contributed by atoms with E-state index in [2.05, 4.69) is 4.89 Å². The van der Waals surface area contributed by atoms with Crippen LogP contribution in [0.3, 0.4) is 0 Å². The third-order valence-corrected chi connectivity index (χ3v) is 3.93. The SMILES string of the molecule is CC(C)(C)OOC(=O)N1CC[C@@H]2[C@H]1C(=O)N2S(=O)(=O)O. The molecule has 0 aliphatic carbocycles. The van der Waals surface area contributed by atoms with Crippen LogP contribution < -0.4 is 0 Å². The summed E-state index contributed by atoms with van der Waals surface area (Å²) in [6.45, 7) is 5.20. The van der Waals surface area contributed by atoms with Gasteiger partial charge in [-0.05, 0) is 27.2 Å². The quantitative estimate of drug-likeness (QED) is 0.329. The second-order valence-electron chi connectivity index (χ2n) is 5.65. The van der Waals surface area contributed by atoms with Gasteiger partial charge in [-0.1, -0.05) is 0 Å². The number of hydrogen-bond donors (Lipinski definition) is 1. The fourth-order valence-electron chi connectivity index (χ4n) is 2.23. The number of carbonyl (C=O) groups is 2. The van der Waals surface area contributed by atoms with Crippen LogP contribution in [0.25, 0.3) is 0 Å². The Morgan fingerprint density at radius 1 is 1.40 bits per heavy atom. The maximum atomic E-state index is 11.8. The van der Waals surface area contributed by atoms with Gasteiger partial charge in [0.1, 0.15) is 11.6 Å². The Bertz CT molecular complexity index is 538. The molecule has 0 unspecified atom stereocenters. The van der Waals surface area contributed by atoms with Gasteiger partial charge in [-0.2, -0.15) is 13.3 Å². The van der Waals surface area contributed by atoms with Gasteiger partial charge in [-0.15, -0.1) is 0 Å². The van der Waals surface area contributed by atoms with Gasteiger partial charge in [-0.25, -0.2) is 9.10 Å². The van der Waals surface area contributed by atoms with Crippen molar-refractivity contribution in [3.05, 3.63) is 0 Å². The molecule has 2 atom stereocenters. The van der Waals surface area contributed by atoms with Crippen LogP contribution in [-0.2, 0) is 24.9 Å². The summed E-state index contributed by atoms with van der Waals surface area (Å²) in [7, 11) is -4.58. The van der Waals surface area contributed by atoms with Gasteiger partial charge >= 0.3 is 16.4 Å². The Morgan fingerprint density at radius 2 is 2.00 bits per heavy atom. The van der Waals surface area contributed by atoms with E-state index in [0.29, 0.717) is 4.31 Å². The van der Waals surface area contributed by atoms with Crippen molar-refractivity contribution in [3.8, 4) is 0 Å². The van der Waals surface area contributed by atoms with Gasteiger partial charge in [0.2, 0.25) is 0 Å². The van der Waals surface area contributed by atoms with E-state index >= 15 is 0 Å². The van der Waals surface area contributed by atoms with E-state index in [1.807, 2.05) is 0 Å². The zero-order chi connectivity index (χ0) is 15.3. The number of carbonyl (C=O) groups excluding carboxylic acids is 2. The third-order valence-electron chi connectivity index (χ3n) is 2.98. The Labute approximate surface area is 116 Å². The molecule has 2 heterocycles. The van der Waals surface area contributed by atoms with Crippen LogP contribution in [0, 0.1) is 0 Å². The van der Waals surface area contributed by atoms with Gasteiger partial charge in [0, 0.05) is 6.54 Å². The molecule has 0 spiro atoms. The highest BCUT2D eigenvalue weighted by Crippen LogP contribution is 2.35. The van der Waals surface area contributed by atoms with Crippen molar-refractivity contribution >= 4 is 22.3 Å². The molecule has 0 saturated carbocycles. The molecule has 0 radical (unpaired) electrons. The fourth-order valence-corrected chi connectivity index (χ4v) is 3.13. The van der Waals surface area contributed by atoms with Crippen molar-refractivity contribution in [3.63, 3.8) is 0 Å². The lowest BCUT2D eigenvalue weighted by Gasteiger charge is -2.41. The topological polar surface area (TPSA) is 113 Å². The minimum Gasteiger partial charge on any atom is -0.292 e. The zero-order valence-electron chi connectivity index (χ0n) is 11.3. The van der Waals surface area contributed by atoms with E-state index in [9.17, 15) is 18.0 Å². The Balaban J connectivity index is 2.02. The van der Waals surface area contributed by atoms with Gasteiger partial charge in [-0.3, -0.25) is 19.1 Å². The molecule has 2 rings (SSSR count). The zero-order valence-corrected chi connectivity index (χ0v) is 12.1. The van der Waals surface area contributed by atoms with Crippen molar-refractivity contribution in [1.82, 2.24) is 9.21 Å². The fraction of sp³-hybridized carbons (Fsp3) is 0.800. The molecule has 2 amide bonds. The molecule has 2 saturated heterocycles. The van der Waals surface area contributed by atoms with Crippen LogP contribution in [-0.4, -0.2) is 58.4 Å². The smallest absolute Gasteiger partial charge is 0.292 e. The normalized spacial score (nSPS) is 26.3. The predicted molar refractivity (Wildman–Crippen MR) is 64.6 cm³/mol. The van der Waals surface area contributed by atoms with Gasteiger partial charge in [0.05, 0.1) is 6.04 Å². The van der Waals surface area contributed by atoms with Crippen molar-refractivity contribution in [2.45, 2.75) is 44.9 Å². The van der Waals surface area contributed by atoms with Gasteiger partial charge in [0.15, 0.2) is 0 Å². The number of hydrogen-bond acceptors (Lipinski definition) is 6. The van der Waals surface area contributed by atoms with Crippen molar-refractivity contribution < 1.29 is 32.3 Å². The van der Waals surface area contributed by atoms with E-state index in [0.717, 1.165) is 4.90 Å². The second kappa shape index (κ2) is 4.57. The van der Waals surface area contributed by atoms with Crippen LogP contribution >= 0.6 is 0 Å². The van der Waals surface area contributed by atoms with Crippen LogP contribution in [0.4, 0.5) is 4.79 Å². The molecule has 0 aromatic heterocycles. The summed E-state index contributed by atoms with van der Waals surface area (Å²) in [6.07, 6.45) is -0.600. The largest absolute Gasteiger partial charge is 0.442 e. The van der Waals surface area contributed by atoms with E-state index in [1.54, 1.807) is 20.8 Å². The van der Waals surface area contributed by atoms with Crippen LogP contribution in [0.15, 0.2) is 0 Å². The van der Waals surface area contributed by atoms with Crippen molar-refractivity contribution in [1.29, 1.82) is 0 Å². The summed E-state index contributed by atoms with van der Waals surface area (Å²) < 4.78 is 31.3. The summed E-state index contributed by atoms with van der Waals surface area (Å²) in [5.74, 6) is -0.845. The molecule has 1 N–H and O–H groups in total. The number of likely N-dealkylation sites (tertiary alicyclic amines) is 1. The van der Waals surface area contributed by atoms with Crippen molar-refractivity contribution in [2.24, 2.45) is 0 Å². The maximum Gasteiger partial charge on any atom is 0.442 e. The highest BCUT2D eigenvalue weighted by molar-refractivity contribution is 7.84. The van der Waals surface area contributed by atoms with Crippen LogP contribution in [0.1, 0.15) is 27.2 Å². The summed E-state index contributed by atoms with van der Waals surface area (Å²) in [4.78, 5) is 34.1. The number of β-lactam (4-membered cyclic amide) rings is 1. The molecule has 0 aromatic carbocycles. The van der Waals surface area contributed by atoms with Crippen LogP contribution in [0.2, 0.25) is 0 Å². The average molecular weight is 308 g/mol. The molecule has 9 nitrogen and oxygen atoms in total. The highest BCUT2D eigenvalue weighted by Gasteiger charge is 2.60. The molecule has 0 bridgehead atoms. The molecule has 114 valence electrons. The van der Waals surface area contributed by atoms with E-state index in [1.165, 1.54) is 0 Å². The number of amides is 2. The van der Waals surface area contributed by atoms with E-state index < -0.39 is 40.0 Å².